The highest BCUT2D eigenvalue weighted by atomic mass is 16.7. The predicted octanol–water partition coefficient (Wildman–Crippen LogP) is 0.229. The lowest BCUT2D eigenvalue weighted by atomic mass is 9.68. The summed E-state index contributed by atoms with van der Waals surface area (Å²) in [6, 6.07) is 0. The minimum Gasteiger partial charge on any atom is -0.459 e. The molecule has 0 radical (unpaired) electrons. The van der Waals surface area contributed by atoms with E-state index in [1.165, 1.54) is 0 Å². The lowest BCUT2D eigenvalue weighted by Crippen LogP contribution is -2.56. The third-order valence-electron chi connectivity index (χ3n) is 12.1. The fourth-order valence-electron chi connectivity index (χ4n) is 10.4. The van der Waals surface area contributed by atoms with Gasteiger partial charge in [0.25, 0.3) is 0 Å². The van der Waals surface area contributed by atoms with Gasteiger partial charge >= 0.3 is 11.9 Å². The second kappa shape index (κ2) is 7.85. The van der Waals surface area contributed by atoms with E-state index in [9.17, 15) is 34.8 Å². The third-order valence-corrected chi connectivity index (χ3v) is 12.1. The molecule has 7 fully saturated rings. The van der Waals surface area contributed by atoms with Crippen LogP contribution in [0.25, 0.3) is 0 Å². The van der Waals surface area contributed by atoms with Crippen LogP contribution in [-0.4, -0.2) is 91.3 Å². The topological polar surface area (TPSA) is 169 Å². The number of aliphatic hydroxyl groups is 4. The first kappa shape index (κ1) is 27.2. The van der Waals surface area contributed by atoms with Crippen molar-refractivity contribution in [3.8, 4) is 0 Å². The number of rotatable bonds is 3. The minimum absolute atomic E-state index is 0.0804. The number of ketones is 1. The molecule has 40 heavy (non-hydrogen) atoms. The molecule has 2 bridgehead atoms. The lowest BCUT2D eigenvalue weighted by molar-refractivity contribution is -0.262. The second-order valence-electron chi connectivity index (χ2n) is 14.6. The van der Waals surface area contributed by atoms with Crippen molar-refractivity contribution in [2.75, 3.05) is 0 Å². The quantitative estimate of drug-likeness (QED) is 0.346. The standard InChI is InChI=1S/C29H40O11/c1-11-8-14(37-23(11)34)18(31)12(2)17-20-26(17,5)9-16(30)27-10-28-15(7-6-13(27)21(33)29(20,36)40-27)25(3,4)38-22(28)19(32)24(35)39-28/h11-20,22,30-32,36H,6-10H2,1-5H3. The Hall–Kier alpha value is -1.63. The van der Waals surface area contributed by atoms with Crippen LogP contribution in [0.2, 0.25) is 0 Å². The summed E-state index contributed by atoms with van der Waals surface area (Å²) < 4.78 is 24.0. The monoisotopic (exact) mass is 564 g/mol. The molecule has 7 aliphatic rings. The Bertz CT molecular complexity index is 1190. The van der Waals surface area contributed by atoms with Gasteiger partial charge in [-0.05, 0) is 56.8 Å². The predicted molar refractivity (Wildman–Crippen MR) is 133 cm³/mol. The number of carbonyl (C=O) groups is 3. The molecule has 0 aromatic heterocycles. The van der Waals surface area contributed by atoms with Crippen LogP contribution in [0.5, 0.6) is 0 Å². The molecule has 5 heterocycles. The lowest BCUT2D eigenvalue weighted by Gasteiger charge is -2.43. The number of esters is 2. The van der Waals surface area contributed by atoms with Gasteiger partial charge in [0.15, 0.2) is 11.9 Å². The van der Waals surface area contributed by atoms with E-state index >= 15 is 0 Å². The fraction of sp³-hybridized carbons (Fsp3) is 0.897. The molecule has 15 unspecified atom stereocenters. The van der Waals surface area contributed by atoms with Gasteiger partial charge in [-0.3, -0.25) is 9.59 Å². The van der Waals surface area contributed by atoms with Crippen molar-refractivity contribution in [2.45, 2.75) is 120 Å². The van der Waals surface area contributed by atoms with Gasteiger partial charge in [-0.25, -0.2) is 4.79 Å². The number of hydrogen-bond acceptors (Lipinski definition) is 11. The number of hydrogen-bond donors (Lipinski definition) is 4. The summed E-state index contributed by atoms with van der Waals surface area (Å²) in [5, 5.41) is 45.9. The first-order valence-corrected chi connectivity index (χ1v) is 14.7. The van der Waals surface area contributed by atoms with Crippen molar-refractivity contribution in [1.29, 1.82) is 0 Å². The average Bonchev–Trinajstić information content (AvgIpc) is 3.09. The van der Waals surface area contributed by atoms with Gasteiger partial charge in [-0.1, -0.05) is 20.8 Å². The Kier molecular flexibility index (Phi) is 5.34. The van der Waals surface area contributed by atoms with Gasteiger partial charge < -0.3 is 39.4 Å². The van der Waals surface area contributed by atoms with Crippen LogP contribution in [0.3, 0.4) is 0 Å². The maximum Gasteiger partial charge on any atom is 0.338 e. The normalized spacial score (nSPS) is 57.1. The molecule has 11 nitrogen and oxygen atoms in total. The van der Waals surface area contributed by atoms with E-state index in [0.29, 0.717) is 19.3 Å². The van der Waals surface area contributed by atoms with Crippen molar-refractivity contribution in [3.63, 3.8) is 0 Å². The summed E-state index contributed by atoms with van der Waals surface area (Å²) in [6.07, 6.45) is -4.15. The Morgan fingerprint density at radius 2 is 1.73 bits per heavy atom. The molecule has 5 aliphatic heterocycles. The maximum absolute atomic E-state index is 14.1. The molecule has 4 N–H and O–H groups in total. The smallest absolute Gasteiger partial charge is 0.338 e. The maximum atomic E-state index is 14.1. The van der Waals surface area contributed by atoms with E-state index in [1.54, 1.807) is 6.92 Å². The summed E-state index contributed by atoms with van der Waals surface area (Å²) in [7, 11) is 0. The summed E-state index contributed by atoms with van der Waals surface area (Å²) in [6.45, 7) is 9.20. The first-order valence-electron chi connectivity index (χ1n) is 14.7. The number of aliphatic hydroxyl groups excluding tert-OH is 3. The molecule has 5 saturated heterocycles. The van der Waals surface area contributed by atoms with Gasteiger partial charge in [0, 0.05) is 18.3 Å². The summed E-state index contributed by atoms with van der Waals surface area (Å²) in [5.41, 5.74) is -4.36. The minimum atomic E-state index is -2.20. The molecular weight excluding hydrogens is 524 g/mol. The van der Waals surface area contributed by atoms with Crippen molar-refractivity contribution in [2.24, 2.45) is 40.9 Å². The molecule has 2 aliphatic carbocycles. The molecule has 0 amide bonds. The molecule has 2 saturated carbocycles. The Morgan fingerprint density at radius 1 is 1.02 bits per heavy atom. The van der Waals surface area contributed by atoms with Crippen LogP contribution < -0.4 is 0 Å². The van der Waals surface area contributed by atoms with E-state index < -0.39 is 88.0 Å². The van der Waals surface area contributed by atoms with Crippen molar-refractivity contribution >= 4 is 17.7 Å². The summed E-state index contributed by atoms with van der Waals surface area (Å²) in [4.78, 5) is 38.7. The first-order chi connectivity index (χ1) is 18.5. The molecule has 15 atom stereocenters. The molecule has 0 aromatic carbocycles. The zero-order valence-electron chi connectivity index (χ0n) is 23.5. The van der Waals surface area contributed by atoms with Crippen LogP contribution in [0.15, 0.2) is 0 Å². The number of cyclic esters (lactones) is 1. The van der Waals surface area contributed by atoms with Crippen LogP contribution in [0.1, 0.15) is 66.7 Å². The Balaban J connectivity index is 1.24. The molecular formula is C29H40O11. The molecule has 7 rings (SSSR count). The fourth-order valence-corrected chi connectivity index (χ4v) is 10.4. The molecule has 0 aromatic rings. The summed E-state index contributed by atoms with van der Waals surface area (Å²) >= 11 is 0. The van der Waals surface area contributed by atoms with Gasteiger partial charge in [-0.2, -0.15) is 0 Å². The Labute approximate surface area is 232 Å². The van der Waals surface area contributed by atoms with Crippen molar-refractivity contribution < 1.29 is 53.8 Å². The third kappa shape index (κ3) is 3.04. The van der Waals surface area contributed by atoms with Crippen LogP contribution in [0.4, 0.5) is 0 Å². The van der Waals surface area contributed by atoms with Gasteiger partial charge in [0.2, 0.25) is 5.79 Å². The SMILES string of the molecule is CC1CC(C(O)C(C)C2C3C4(O)OC5(CC67OC(=O)C(O)C6OC(C)(C)C7CCC5C4=O)C(O)CC23C)OC1=O. The molecule has 222 valence electrons. The Morgan fingerprint density at radius 3 is 2.38 bits per heavy atom. The highest BCUT2D eigenvalue weighted by Gasteiger charge is 2.85. The van der Waals surface area contributed by atoms with Crippen molar-refractivity contribution in [1.82, 2.24) is 0 Å². The molecule has 2 spiro atoms. The van der Waals surface area contributed by atoms with E-state index in [2.05, 4.69) is 0 Å². The average molecular weight is 565 g/mol. The molecule has 11 heteroatoms. The van der Waals surface area contributed by atoms with E-state index in [1.807, 2.05) is 27.7 Å². The summed E-state index contributed by atoms with van der Waals surface area (Å²) in [5.74, 6) is -6.89. The van der Waals surface area contributed by atoms with Crippen LogP contribution in [0, 0.1) is 40.9 Å². The van der Waals surface area contributed by atoms with Gasteiger partial charge in [0.05, 0.1) is 29.6 Å². The zero-order valence-corrected chi connectivity index (χ0v) is 23.5. The zero-order chi connectivity index (χ0) is 28.9. The highest BCUT2D eigenvalue weighted by molar-refractivity contribution is 5.92. The number of carbonyl (C=O) groups excluding carboxylic acids is 3. The number of fused-ring (bicyclic) bond motifs is 3. The van der Waals surface area contributed by atoms with Crippen LogP contribution >= 0.6 is 0 Å². The van der Waals surface area contributed by atoms with Gasteiger partial charge in [0.1, 0.15) is 23.4 Å². The van der Waals surface area contributed by atoms with Crippen molar-refractivity contribution in [3.05, 3.63) is 0 Å². The highest BCUT2D eigenvalue weighted by Crippen LogP contribution is 2.75. The van der Waals surface area contributed by atoms with E-state index in [-0.39, 0.29) is 36.6 Å². The van der Waals surface area contributed by atoms with E-state index in [0.717, 1.165) is 0 Å². The van der Waals surface area contributed by atoms with E-state index in [4.69, 9.17) is 18.9 Å². The number of ether oxygens (including phenoxy) is 4. The van der Waals surface area contributed by atoms with Gasteiger partial charge in [-0.15, -0.1) is 0 Å². The van der Waals surface area contributed by atoms with Crippen LogP contribution in [-0.2, 0) is 33.3 Å². The second-order valence-corrected chi connectivity index (χ2v) is 14.6. The number of Topliss-reactive ketones (excluding diaryl/α,β-unsaturated/α-hetero) is 1. The largest absolute Gasteiger partial charge is 0.459 e.